The van der Waals surface area contributed by atoms with Crippen molar-refractivity contribution in [3.8, 4) is 0 Å². The van der Waals surface area contributed by atoms with Crippen LogP contribution in [0.25, 0.3) is 0 Å². The number of carbonyl (C=O) groups is 2. The Morgan fingerprint density at radius 3 is 2.64 bits per heavy atom. The monoisotopic (exact) mass is 308 g/mol. The van der Waals surface area contributed by atoms with Crippen LogP contribution in [-0.2, 0) is 19.1 Å². The molecule has 122 valence electrons. The van der Waals surface area contributed by atoms with Gasteiger partial charge >= 0.3 is 11.9 Å². The fraction of sp³-hybridized carbons (Fsp3) is 0.765. The molecule has 0 aromatic rings. The first-order valence-corrected chi connectivity index (χ1v) is 7.94. The zero-order valence-electron chi connectivity index (χ0n) is 13.6. The van der Waals surface area contributed by atoms with Gasteiger partial charge in [-0.15, -0.1) is 0 Å². The van der Waals surface area contributed by atoms with E-state index in [2.05, 4.69) is 20.8 Å². The van der Waals surface area contributed by atoms with Crippen LogP contribution in [0.5, 0.6) is 0 Å². The highest BCUT2D eigenvalue weighted by Crippen LogP contribution is 2.61. The molecule has 0 spiro atoms. The van der Waals surface area contributed by atoms with E-state index in [1.54, 1.807) is 0 Å². The van der Waals surface area contributed by atoms with Gasteiger partial charge in [0.25, 0.3) is 0 Å². The molecule has 1 fully saturated rings. The lowest BCUT2D eigenvalue weighted by Gasteiger charge is -2.56. The molecule has 2 aliphatic carbocycles. The predicted octanol–water partition coefficient (Wildman–Crippen LogP) is 1.98. The van der Waals surface area contributed by atoms with E-state index >= 15 is 0 Å². The molecule has 0 aromatic heterocycles. The van der Waals surface area contributed by atoms with Crippen molar-refractivity contribution in [1.29, 1.82) is 0 Å². The Morgan fingerprint density at radius 1 is 1.32 bits per heavy atom. The summed E-state index contributed by atoms with van der Waals surface area (Å²) in [6, 6.07) is 0. The highest BCUT2D eigenvalue weighted by molar-refractivity contribution is 5.94. The number of esters is 2. The first-order valence-electron chi connectivity index (χ1n) is 7.94. The first kappa shape index (κ1) is 15.5. The smallest absolute Gasteiger partial charge is 0.337 e. The number of carbonyl (C=O) groups excluding carboxylic acids is 2. The number of fused-ring (bicyclic) bond motifs is 2. The average molecular weight is 308 g/mol. The fourth-order valence-electron chi connectivity index (χ4n) is 5.09. The second-order valence-electron chi connectivity index (χ2n) is 7.72. The number of aliphatic hydroxyl groups is 1. The molecule has 1 saturated carbocycles. The van der Waals surface area contributed by atoms with Gasteiger partial charge < -0.3 is 14.6 Å². The van der Waals surface area contributed by atoms with Gasteiger partial charge in [0.1, 0.15) is 18.8 Å². The third-order valence-electron chi connectivity index (χ3n) is 5.87. The van der Waals surface area contributed by atoms with E-state index in [-0.39, 0.29) is 23.4 Å². The Bertz CT molecular complexity index is 561. The second kappa shape index (κ2) is 4.82. The van der Waals surface area contributed by atoms with Crippen molar-refractivity contribution >= 4 is 11.9 Å². The van der Waals surface area contributed by atoms with E-state index in [0.717, 1.165) is 24.8 Å². The van der Waals surface area contributed by atoms with Crippen LogP contribution < -0.4 is 0 Å². The summed E-state index contributed by atoms with van der Waals surface area (Å²) in [5, 5.41) is 10.7. The molecule has 3 aliphatic rings. The van der Waals surface area contributed by atoms with Gasteiger partial charge in [-0.05, 0) is 29.2 Å². The average Bonchev–Trinajstić information content (AvgIpc) is 2.77. The second-order valence-corrected chi connectivity index (χ2v) is 7.72. The summed E-state index contributed by atoms with van der Waals surface area (Å²) in [5.74, 6) is -0.924. The van der Waals surface area contributed by atoms with E-state index in [9.17, 15) is 14.7 Å². The van der Waals surface area contributed by atoms with Gasteiger partial charge in [0.05, 0.1) is 5.57 Å². The lowest BCUT2D eigenvalue weighted by Crippen LogP contribution is -2.58. The van der Waals surface area contributed by atoms with Gasteiger partial charge in [-0.1, -0.05) is 27.2 Å². The number of hydrogen-bond donors (Lipinski definition) is 1. The minimum Gasteiger partial charge on any atom is -0.459 e. The summed E-state index contributed by atoms with van der Waals surface area (Å²) in [7, 11) is 0. The van der Waals surface area contributed by atoms with Gasteiger partial charge in [-0.2, -0.15) is 0 Å². The van der Waals surface area contributed by atoms with E-state index < -0.39 is 24.1 Å². The summed E-state index contributed by atoms with van der Waals surface area (Å²) < 4.78 is 10.7. The van der Waals surface area contributed by atoms with Crippen LogP contribution in [0.3, 0.4) is 0 Å². The molecule has 5 nitrogen and oxygen atoms in total. The van der Waals surface area contributed by atoms with E-state index in [1.165, 1.54) is 6.92 Å². The van der Waals surface area contributed by atoms with Crippen molar-refractivity contribution in [2.24, 2.45) is 16.7 Å². The molecule has 0 amide bonds. The molecule has 4 atom stereocenters. The number of cyclic esters (lactones) is 1. The Balaban J connectivity index is 2.16. The van der Waals surface area contributed by atoms with Crippen molar-refractivity contribution in [1.82, 2.24) is 0 Å². The van der Waals surface area contributed by atoms with Gasteiger partial charge in [-0.3, -0.25) is 4.79 Å². The summed E-state index contributed by atoms with van der Waals surface area (Å²) >= 11 is 0. The lowest BCUT2D eigenvalue weighted by molar-refractivity contribution is -0.174. The highest BCUT2D eigenvalue weighted by atomic mass is 16.6. The van der Waals surface area contributed by atoms with Crippen LogP contribution in [0, 0.1) is 16.7 Å². The molecule has 5 heteroatoms. The zero-order chi connectivity index (χ0) is 16.3. The summed E-state index contributed by atoms with van der Waals surface area (Å²) in [6.45, 7) is 8.03. The Labute approximate surface area is 130 Å². The number of aliphatic hydroxyl groups excluding tert-OH is 1. The number of ether oxygens (including phenoxy) is 2. The van der Waals surface area contributed by atoms with Crippen LogP contribution in [0.2, 0.25) is 0 Å². The van der Waals surface area contributed by atoms with Crippen molar-refractivity contribution in [3.05, 3.63) is 11.1 Å². The molecule has 1 aliphatic heterocycles. The standard InChI is InChI=1S/C17H24O5/c1-9(18)22-13-12(19)11-10(8-21-15(11)20)17(4)7-5-6-16(2,3)14(13)17/h12-14,19H,5-8H2,1-4H3. The van der Waals surface area contributed by atoms with Gasteiger partial charge in [-0.25, -0.2) is 4.79 Å². The third kappa shape index (κ3) is 2.02. The Hall–Kier alpha value is -1.36. The SMILES string of the molecule is CC(=O)OC1C(O)C2=C(COC2=O)C2(C)CCCC(C)(C)C12. The van der Waals surface area contributed by atoms with E-state index in [1.807, 2.05) is 0 Å². The lowest BCUT2D eigenvalue weighted by atomic mass is 9.49. The molecule has 0 aromatic carbocycles. The third-order valence-corrected chi connectivity index (χ3v) is 5.87. The molecular weight excluding hydrogens is 284 g/mol. The minimum atomic E-state index is -1.09. The maximum Gasteiger partial charge on any atom is 0.337 e. The maximum absolute atomic E-state index is 12.0. The predicted molar refractivity (Wildman–Crippen MR) is 78.8 cm³/mol. The molecule has 4 unspecified atom stereocenters. The zero-order valence-corrected chi connectivity index (χ0v) is 13.6. The Morgan fingerprint density at radius 2 is 2.00 bits per heavy atom. The van der Waals surface area contributed by atoms with E-state index in [0.29, 0.717) is 5.57 Å². The van der Waals surface area contributed by atoms with Crippen LogP contribution in [0.15, 0.2) is 11.1 Å². The fourth-order valence-corrected chi connectivity index (χ4v) is 5.09. The van der Waals surface area contributed by atoms with Crippen molar-refractivity contribution in [3.63, 3.8) is 0 Å². The van der Waals surface area contributed by atoms with Gasteiger partial charge in [0, 0.05) is 12.8 Å². The van der Waals surface area contributed by atoms with Crippen LogP contribution >= 0.6 is 0 Å². The molecule has 22 heavy (non-hydrogen) atoms. The topological polar surface area (TPSA) is 72.8 Å². The summed E-state index contributed by atoms with van der Waals surface area (Å²) in [6.07, 6.45) is 1.19. The minimum absolute atomic E-state index is 0.0269. The molecule has 3 rings (SSSR count). The maximum atomic E-state index is 12.0. The molecular formula is C17H24O5. The van der Waals surface area contributed by atoms with E-state index in [4.69, 9.17) is 9.47 Å². The van der Waals surface area contributed by atoms with Crippen LogP contribution in [0.1, 0.15) is 47.0 Å². The Kier molecular flexibility index (Phi) is 3.40. The van der Waals surface area contributed by atoms with Crippen molar-refractivity contribution in [2.45, 2.75) is 59.2 Å². The molecule has 0 radical (unpaired) electrons. The normalized spacial score (nSPS) is 39.9. The van der Waals surface area contributed by atoms with Crippen LogP contribution in [-0.4, -0.2) is 35.9 Å². The summed E-state index contributed by atoms with van der Waals surface area (Å²) in [4.78, 5) is 23.6. The number of hydrogen-bond acceptors (Lipinski definition) is 5. The summed E-state index contributed by atoms with van der Waals surface area (Å²) in [5.41, 5.74) is 0.870. The van der Waals surface area contributed by atoms with Crippen LogP contribution in [0.4, 0.5) is 0 Å². The largest absolute Gasteiger partial charge is 0.459 e. The van der Waals surface area contributed by atoms with Crippen molar-refractivity contribution < 1.29 is 24.2 Å². The molecule has 0 bridgehead atoms. The first-order chi connectivity index (χ1) is 10.2. The highest BCUT2D eigenvalue weighted by Gasteiger charge is 2.61. The van der Waals surface area contributed by atoms with Gasteiger partial charge in [0.2, 0.25) is 0 Å². The quantitative estimate of drug-likeness (QED) is 0.750. The van der Waals surface area contributed by atoms with Gasteiger partial charge in [0.15, 0.2) is 0 Å². The molecule has 1 heterocycles. The molecule has 0 saturated heterocycles. The molecule has 1 N–H and O–H groups in total. The van der Waals surface area contributed by atoms with Crippen molar-refractivity contribution in [2.75, 3.05) is 6.61 Å². The number of rotatable bonds is 1.